The molecule has 0 aromatic carbocycles. The van der Waals surface area contributed by atoms with Crippen molar-refractivity contribution in [3.8, 4) is 0 Å². The molecule has 21 heavy (non-hydrogen) atoms. The highest BCUT2D eigenvalue weighted by molar-refractivity contribution is 5.68. The number of ether oxygens (including phenoxy) is 1. The Morgan fingerprint density at radius 3 is 2.14 bits per heavy atom. The molecule has 1 saturated carbocycles. The predicted octanol–water partition coefficient (Wildman–Crippen LogP) is 3.26. The van der Waals surface area contributed by atoms with Crippen molar-refractivity contribution in [2.75, 3.05) is 19.7 Å². The first kappa shape index (κ1) is 15.1. The van der Waals surface area contributed by atoms with Crippen LogP contribution in [0, 0.1) is 5.41 Å². The van der Waals surface area contributed by atoms with Crippen molar-refractivity contribution in [3.05, 3.63) is 0 Å². The maximum Gasteiger partial charge on any atom is 0.410 e. The Morgan fingerprint density at radius 1 is 1.10 bits per heavy atom. The van der Waals surface area contributed by atoms with Gasteiger partial charge in [-0.15, -0.1) is 0 Å². The zero-order valence-corrected chi connectivity index (χ0v) is 13.8. The summed E-state index contributed by atoms with van der Waals surface area (Å²) in [5.41, 5.74) is 0.749. The average Bonchev–Trinajstić information content (AvgIpc) is 3.18. The van der Waals surface area contributed by atoms with Gasteiger partial charge >= 0.3 is 6.09 Å². The van der Waals surface area contributed by atoms with Gasteiger partial charge in [0.05, 0.1) is 6.61 Å². The van der Waals surface area contributed by atoms with E-state index in [0.717, 1.165) is 18.3 Å². The van der Waals surface area contributed by atoms with Gasteiger partial charge in [0.2, 0.25) is 0 Å². The van der Waals surface area contributed by atoms with E-state index in [0.29, 0.717) is 12.6 Å². The molecule has 0 bridgehead atoms. The fourth-order valence-electron chi connectivity index (χ4n) is 4.44. The number of carbonyl (C=O) groups is 1. The van der Waals surface area contributed by atoms with E-state index in [2.05, 4.69) is 18.7 Å². The van der Waals surface area contributed by atoms with Crippen LogP contribution in [0.1, 0.15) is 59.3 Å². The highest BCUT2D eigenvalue weighted by atomic mass is 16.6. The maximum absolute atomic E-state index is 12.1. The van der Waals surface area contributed by atoms with E-state index in [-0.39, 0.29) is 18.2 Å². The first-order valence-electron chi connectivity index (χ1n) is 8.74. The van der Waals surface area contributed by atoms with Crippen LogP contribution in [0.2, 0.25) is 0 Å². The molecule has 0 N–H and O–H groups in total. The molecule has 1 aliphatic carbocycles. The molecule has 2 aliphatic heterocycles. The second kappa shape index (κ2) is 5.79. The van der Waals surface area contributed by atoms with Crippen LogP contribution in [0.3, 0.4) is 0 Å². The Labute approximate surface area is 128 Å². The molecule has 3 aliphatic rings. The van der Waals surface area contributed by atoms with Gasteiger partial charge in [0.1, 0.15) is 0 Å². The second-order valence-electron chi connectivity index (χ2n) is 7.47. The molecule has 1 spiro atoms. The Balaban J connectivity index is 1.57. The van der Waals surface area contributed by atoms with E-state index in [1.165, 1.54) is 38.8 Å². The fraction of sp³-hybridized carbons (Fsp3) is 0.941. The minimum Gasteiger partial charge on any atom is -0.450 e. The molecule has 2 unspecified atom stereocenters. The molecule has 0 aromatic rings. The van der Waals surface area contributed by atoms with Crippen molar-refractivity contribution in [1.82, 2.24) is 9.80 Å². The molecule has 1 amide bonds. The quantitative estimate of drug-likeness (QED) is 0.783. The number of likely N-dealkylation sites (tertiary alicyclic amines) is 2. The highest BCUT2D eigenvalue weighted by Gasteiger charge is 2.46. The number of nitrogens with zero attached hydrogens (tertiary/aromatic N) is 2. The lowest BCUT2D eigenvalue weighted by molar-refractivity contribution is 0.0135. The van der Waals surface area contributed by atoms with Gasteiger partial charge in [-0.3, -0.25) is 0 Å². The molecular formula is C17H30N2O2. The van der Waals surface area contributed by atoms with E-state index < -0.39 is 0 Å². The fourth-order valence-corrected chi connectivity index (χ4v) is 4.44. The van der Waals surface area contributed by atoms with Gasteiger partial charge in [-0.05, 0) is 77.8 Å². The summed E-state index contributed by atoms with van der Waals surface area (Å²) >= 11 is 0. The van der Waals surface area contributed by atoms with Crippen molar-refractivity contribution >= 4 is 6.09 Å². The first-order chi connectivity index (χ1) is 10.0. The molecule has 3 fully saturated rings. The van der Waals surface area contributed by atoms with E-state index in [9.17, 15) is 4.79 Å². The van der Waals surface area contributed by atoms with Crippen LogP contribution in [0.25, 0.3) is 0 Å². The van der Waals surface area contributed by atoms with Gasteiger partial charge in [-0.25, -0.2) is 4.79 Å². The van der Waals surface area contributed by atoms with Gasteiger partial charge in [-0.1, -0.05) is 0 Å². The summed E-state index contributed by atoms with van der Waals surface area (Å²) in [6, 6.07) is 1.22. The van der Waals surface area contributed by atoms with Gasteiger partial charge in [0.25, 0.3) is 0 Å². The van der Waals surface area contributed by atoms with E-state index in [4.69, 9.17) is 4.74 Å². The van der Waals surface area contributed by atoms with Crippen molar-refractivity contribution in [3.63, 3.8) is 0 Å². The van der Waals surface area contributed by atoms with Gasteiger partial charge in [0.15, 0.2) is 0 Å². The van der Waals surface area contributed by atoms with Crippen molar-refractivity contribution in [2.45, 2.75) is 77.4 Å². The van der Waals surface area contributed by atoms with Crippen molar-refractivity contribution in [2.24, 2.45) is 5.41 Å². The summed E-state index contributed by atoms with van der Waals surface area (Å²) < 4.78 is 5.21. The summed E-state index contributed by atoms with van der Waals surface area (Å²) in [4.78, 5) is 16.7. The number of hydrogen-bond acceptors (Lipinski definition) is 3. The lowest BCUT2D eigenvalue weighted by Gasteiger charge is -2.47. The zero-order chi connectivity index (χ0) is 15.0. The molecule has 3 rings (SSSR count). The largest absolute Gasteiger partial charge is 0.450 e. The third-order valence-electron chi connectivity index (χ3n) is 5.99. The number of hydrogen-bond donors (Lipinski definition) is 0. The topological polar surface area (TPSA) is 32.8 Å². The number of amides is 1. The minimum atomic E-state index is -0.133. The third-order valence-corrected chi connectivity index (χ3v) is 5.99. The Hall–Kier alpha value is -0.770. The smallest absolute Gasteiger partial charge is 0.410 e. The molecule has 2 heterocycles. The molecule has 2 atom stereocenters. The summed E-state index contributed by atoms with van der Waals surface area (Å²) in [6.07, 6.45) is 7.78. The SMILES string of the molecule is CCOC(=O)N1C(C)CC(N2CCC3(CC2)CC3)CC1C. The van der Waals surface area contributed by atoms with E-state index in [1.54, 1.807) is 0 Å². The molecular weight excluding hydrogens is 264 g/mol. The molecule has 2 saturated heterocycles. The highest BCUT2D eigenvalue weighted by Crippen LogP contribution is 2.54. The van der Waals surface area contributed by atoms with E-state index in [1.807, 2.05) is 11.8 Å². The van der Waals surface area contributed by atoms with Gasteiger partial charge in [0, 0.05) is 18.1 Å². The lowest BCUT2D eigenvalue weighted by Crippen LogP contribution is -2.56. The summed E-state index contributed by atoms with van der Waals surface area (Å²) in [7, 11) is 0. The molecule has 4 nitrogen and oxygen atoms in total. The summed E-state index contributed by atoms with van der Waals surface area (Å²) in [5.74, 6) is 0. The molecule has 4 heteroatoms. The zero-order valence-electron chi connectivity index (χ0n) is 13.8. The van der Waals surface area contributed by atoms with Crippen LogP contribution < -0.4 is 0 Å². The van der Waals surface area contributed by atoms with Crippen LogP contribution in [-0.4, -0.2) is 53.7 Å². The van der Waals surface area contributed by atoms with Crippen LogP contribution in [0.5, 0.6) is 0 Å². The molecule has 0 aromatic heterocycles. The van der Waals surface area contributed by atoms with Crippen molar-refractivity contribution < 1.29 is 9.53 Å². The number of carbonyl (C=O) groups excluding carboxylic acids is 1. The Morgan fingerprint density at radius 2 is 1.67 bits per heavy atom. The molecule has 120 valence electrons. The van der Waals surface area contributed by atoms with Crippen LogP contribution in [-0.2, 0) is 4.74 Å². The second-order valence-corrected chi connectivity index (χ2v) is 7.47. The predicted molar refractivity (Wildman–Crippen MR) is 83.3 cm³/mol. The van der Waals surface area contributed by atoms with Crippen LogP contribution in [0.4, 0.5) is 4.79 Å². The molecule has 0 radical (unpaired) electrons. The van der Waals surface area contributed by atoms with Crippen LogP contribution in [0.15, 0.2) is 0 Å². The first-order valence-corrected chi connectivity index (χ1v) is 8.74. The third kappa shape index (κ3) is 3.05. The summed E-state index contributed by atoms with van der Waals surface area (Å²) in [5, 5.41) is 0. The summed E-state index contributed by atoms with van der Waals surface area (Å²) in [6.45, 7) is 9.22. The van der Waals surface area contributed by atoms with Crippen molar-refractivity contribution in [1.29, 1.82) is 0 Å². The Kier molecular flexibility index (Phi) is 4.17. The standard InChI is InChI=1S/C17H30N2O2/c1-4-21-16(20)19-13(2)11-15(12-14(19)3)18-9-7-17(5-6-17)8-10-18/h13-15H,4-12H2,1-3H3. The monoisotopic (exact) mass is 294 g/mol. The number of piperidine rings is 2. The normalized spacial score (nSPS) is 35.8. The van der Waals surface area contributed by atoms with Gasteiger partial charge < -0.3 is 14.5 Å². The minimum absolute atomic E-state index is 0.133. The number of rotatable bonds is 2. The van der Waals surface area contributed by atoms with Gasteiger partial charge in [-0.2, -0.15) is 0 Å². The lowest BCUT2D eigenvalue weighted by atomic mass is 9.87. The maximum atomic E-state index is 12.1. The van der Waals surface area contributed by atoms with E-state index >= 15 is 0 Å². The Bertz CT molecular complexity index is 372. The average molecular weight is 294 g/mol. The van der Waals surface area contributed by atoms with Crippen LogP contribution >= 0.6 is 0 Å².